The van der Waals surface area contributed by atoms with Crippen molar-refractivity contribution < 1.29 is 23.9 Å². The first kappa shape index (κ1) is 13.6. The van der Waals surface area contributed by atoms with Crippen molar-refractivity contribution in [3.05, 3.63) is 0 Å². The van der Waals surface area contributed by atoms with Crippen molar-refractivity contribution in [3.8, 4) is 0 Å². The lowest BCUT2D eigenvalue weighted by Gasteiger charge is -2.21. The highest BCUT2D eigenvalue weighted by atomic mass is 16.6. The van der Waals surface area contributed by atoms with Crippen molar-refractivity contribution in [1.29, 1.82) is 0 Å². The smallest absolute Gasteiger partial charge is 0.330 e. The highest BCUT2D eigenvalue weighted by molar-refractivity contribution is 6.19. The van der Waals surface area contributed by atoms with Crippen molar-refractivity contribution in [3.63, 3.8) is 0 Å². The number of esters is 2. The average molecular weight is 216 g/mol. The molecule has 0 aliphatic rings. The minimum absolute atomic E-state index is 0.112. The summed E-state index contributed by atoms with van der Waals surface area (Å²) in [5.74, 6) is -2.31. The van der Waals surface area contributed by atoms with Gasteiger partial charge >= 0.3 is 11.9 Å². The molecule has 0 aromatic carbocycles. The van der Waals surface area contributed by atoms with Crippen LogP contribution in [0.15, 0.2) is 0 Å². The maximum Gasteiger partial charge on any atom is 0.330 e. The van der Waals surface area contributed by atoms with Crippen molar-refractivity contribution in [1.82, 2.24) is 0 Å². The first-order chi connectivity index (χ1) is 6.91. The van der Waals surface area contributed by atoms with Crippen LogP contribution in [0.2, 0.25) is 0 Å². The predicted octanol–water partition coefficient (Wildman–Crippen LogP) is 0.708. The molecular formula is C10H16O5. The van der Waals surface area contributed by atoms with Crippen molar-refractivity contribution in [2.24, 2.45) is 5.41 Å². The third-order valence-electron chi connectivity index (χ3n) is 2.07. The van der Waals surface area contributed by atoms with E-state index in [1.165, 1.54) is 6.92 Å². The molecule has 0 aliphatic carbocycles. The topological polar surface area (TPSA) is 69.7 Å². The lowest BCUT2D eigenvalue weighted by molar-refractivity contribution is -0.172. The second-order valence-electron chi connectivity index (χ2n) is 3.12. The maximum atomic E-state index is 11.5. The van der Waals surface area contributed by atoms with Gasteiger partial charge < -0.3 is 9.47 Å². The molecule has 5 nitrogen and oxygen atoms in total. The van der Waals surface area contributed by atoms with Gasteiger partial charge in [-0.3, -0.25) is 14.4 Å². The largest absolute Gasteiger partial charge is 0.465 e. The molecule has 0 fully saturated rings. The minimum atomic E-state index is -1.84. The van der Waals surface area contributed by atoms with E-state index >= 15 is 0 Å². The highest BCUT2D eigenvalue weighted by Gasteiger charge is 2.48. The van der Waals surface area contributed by atoms with Gasteiger partial charge in [-0.25, -0.2) is 0 Å². The maximum absolute atomic E-state index is 11.5. The molecule has 0 atom stereocenters. The summed E-state index contributed by atoms with van der Waals surface area (Å²) in [7, 11) is 0. The lowest BCUT2D eigenvalue weighted by atomic mass is 9.86. The molecule has 0 radical (unpaired) electrons. The monoisotopic (exact) mass is 216 g/mol. The molecule has 0 saturated carbocycles. The van der Waals surface area contributed by atoms with Gasteiger partial charge in [0.2, 0.25) is 5.41 Å². The molecule has 0 aromatic rings. The van der Waals surface area contributed by atoms with Crippen LogP contribution in [0.1, 0.15) is 27.7 Å². The van der Waals surface area contributed by atoms with Gasteiger partial charge in [-0.15, -0.1) is 0 Å². The second kappa shape index (κ2) is 5.48. The molecule has 0 spiro atoms. The zero-order chi connectivity index (χ0) is 12.1. The van der Waals surface area contributed by atoms with E-state index in [2.05, 4.69) is 9.47 Å². The van der Waals surface area contributed by atoms with Gasteiger partial charge in [-0.05, 0) is 27.7 Å². The van der Waals surface area contributed by atoms with Crippen molar-refractivity contribution in [2.45, 2.75) is 27.7 Å². The molecule has 0 heterocycles. The number of hydrogen-bond donors (Lipinski definition) is 0. The summed E-state index contributed by atoms with van der Waals surface area (Å²) < 4.78 is 9.35. The first-order valence-corrected chi connectivity index (χ1v) is 4.76. The van der Waals surface area contributed by atoms with Gasteiger partial charge in [0.25, 0.3) is 0 Å². The van der Waals surface area contributed by atoms with E-state index in [4.69, 9.17) is 0 Å². The van der Waals surface area contributed by atoms with Crippen LogP contribution in [0.3, 0.4) is 0 Å². The Kier molecular flexibility index (Phi) is 4.97. The Morgan fingerprint density at radius 2 is 1.33 bits per heavy atom. The van der Waals surface area contributed by atoms with Crippen LogP contribution in [0.4, 0.5) is 0 Å². The summed E-state index contributed by atoms with van der Waals surface area (Å²) in [4.78, 5) is 34.3. The van der Waals surface area contributed by atoms with E-state index in [9.17, 15) is 14.4 Å². The molecule has 0 aromatic heterocycles. The summed E-state index contributed by atoms with van der Waals surface area (Å²) >= 11 is 0. The van der Waals surface area contributed by atoms with E-state index in [-0.39, 0.29) is 13.2 Å². The fourth-order valence-corrected chi connectivity index (χ4v) is 0.922. The molecule has 5 heteroatoms. The molecular weight excluding hydrogens is 200 g/mol. The Balaban J connectivity index is 4.97. The molecule has 0 unspecified atom stereocenters. The van der Waals surface area contributed by atoms with Gasteiger partial charge in [0.1, 0.15) is 0 Å². The fraction of sp³-hybridized carbons (Fsp3) is 0.700. The van der Waals surface area contributed by atoms with Crippen LogP contribution in [0, 0.1) is 5.41 Å². The Morgan fingerprint density at radius 1 is 1.00 bits per heavy atom. The van der Waals surface area contributed by atoms with Crippen molar-refractivity contribution in [2.75, 3.05) is 13.2 Å². The predicted molar refractivity (Wildman–Crippen MR) is 52.1 cm³/mol. The normalized spacial score (nSPS) is 10.7. The van der Waals surface area contributed by atoms with Crippen LogP contribution in [-0.2, 0) is 23.9 Å². The van der Waals surface area contributed by atoms with Gasteiger partial charge in [-0.2, -0.15) is 0 Å². The molecule has 0 rings (SSSR count). The summed E-state index contributed by atoms with van der Waals surface area (Å²) in [6.07, 6.45) is 0. The zero-order valence-corrected chi connectivity index (χ0v) is 9.46. The second-order valence-corrected chi connectivity index (χ2v) is 3.12. The number of ether oxygens (including phenoxy) is 2. The molecule has 0 bridgehead atoms. The van der Waals surface area contributed by atoms with Crippen LogP contribution in [-0.4, -0.2) is 30.9 Å². The summed E-state index contributed by atoms with van der Waals surface area (Å²) in [5.41, 5.74) is -1.84. The molecule has 15 heavy (non-hydrogen) atoms. The quantitative estimate of drug-likeness (QED) is 0.500. The number of carbonyl (C=O) groups is 3. The third-order valence-corrected chi connectivity index (χ3v) is 2.07. The SMILES string of the molecule is CCOC(=O)C(C)(C(C)=O)C(=O)OCC. The van der Waals surface area contributed by atoms with Crippen LogP contribution in [0.5, 0.6) is 0 Å². The number of Topliss-reactive ketones (excluding diaryl/α,β-unsaturated/α-hetero) is 1. The molecule has 0 N–H and O–H groups in total. The van der Waals surface area contributed by atoms with E-state index in [1.54, 1.807) is 13.8 Å². The third kappa shape index (κ3) is 2.78. The van der Waals surface area contributed by atoms with Gasteiger partial charge in [-0.1, -0.05) is 0 Å². The summed E-state index contributed by atoms with van der Waals surface area (Å²) in [6.45, 7) is 5.80. The van der Waals surface area contributed by atoms with Gasteiger partial charge in [0, 0.05) is 0 Å². The number of carbonyl (C=O) groups excluding carboxylic acids is 3. The highest BCUT2D eigenvalue weighted by Crippen LogP contribution is 2.22. The summed E-state index contributed by atoms with van der Waals surface area (Å²) in [6, 6.07) is 0. The Bertz CT molecular complexity index is 251. The van der Waals surface area contributed by atoms with Crippen LogP contribution < -0.4 is 0 Å². The molecule has 0 amide bonds. The number of rotatable bonds is 5. The Hall–Kier alpha value is -1.39. The average Bonchev–Trinajstić information content (AvgIpc) is 2.16. The lowest BCUT2D eigenvalue weighted by Crippen LogP contribution is -2.45. The van der Waals surface area contributed by atoms with Gasteiger partial charge in [0.05, 0.1) is 13.2 Å². The van der Waals surface area contributed by atoms with E-state index < -0.39 is 23.1 Å². The standard InChI is InChI=1S/C10H16O5/c1-5-14-8(12)10(4,7(3)11)9(13)15-6-2/h5-6H2,1-4H3. The molecule has 0 aliphatic heterocycles. The minimum Gasteiger partial charge on any atom is -0.465 e. The van der Waals surface area contributed by atoms with Crippen LogP contribution in [0.25, 0.3) is 0 Å². The van der Waals surface area contributed by atoms with E-state index in [0.717, 1.165) is 6.92 Å². The van der Waals surface area contributed by atoms with Gasteiger partial charge in [0.15, 0.2) is 5.78 Å². The number of hydrogen-bond acceptors (Lipinski definition) is 5. The van der Waals surface area contributed by atoms with Crippen molar-refractivity contribution >= 4 is 17.7 Å². The fourth-order valence-electron chi connectivity index (χ4n) is 0.922. The van der Waals surface area contributed by atoms with E-state index in [0.29, 0.717) is 0 Å². The number of ketones is 1. The Labute approximate surface area is 88.7 Å². The first-order valence-electron chi connectivity index (χ1n) is 4.76. The molecule has 86 valence electrons. The van der Waals surface area contributed by atoms with Crippen LogP contribution >= 0.6 is 0 Å². The molecule has 0 saturated heterocycles. The summed E-state index contributed by atoms with van der Waals surface area (Å²) in [5, 5.41) is 0. The van der Waals surface area contributed by atoms with E-state index in [1.807, 2.05) is 0 Å². The Morgan fingerprint density at radius 3 is 1.53 bits per heavy atom. The zero-order valence-electron chi connectivity index (χ0n) is 9.46.